The van der Waals surface area contributed by atoms with Gasteiger partial charge in [-0.25, -0.2) is 27.7 Å². The van der Waals surface area contributed by atoms with Crippen LogP contribution in [0.4, 0.5) is 0 Å². The van der Waals surface area contributed by atoms with E-state index in [0.717, 1.165) is 6.92 Å². The minimum absolute atomic E-state index is 0.133. The summed E-state index contributed by atoms with van der Waals surface area (Å²) in [4.78, 5) is 166. The number of esters is 1. The van der Waals surface area contributed by atoms with Crippen LogP contribution in [0.3, 0.4) is 0 Å². The molecule has 0 aliphatic heterocycles. The highest BCUT2D eigenvalue weighted by Crippen LogP contribution is 2.18. The molecule has 0 bridgehead atoms. The lowest BCUT2D eigenvalue weighted by molar-refractivity contribution is -0.161. The molecule has 0 aliphatic rings. The summed E-state index contributed by atoms with van der Waals surface area (Å²) >= 11 is 0. The zero-order valence-electron chi connectivity index (χ0n) is 43.1. The molecule has 32 heteroatoms. The molecule has 13 N–H and O–H groups in total. The predicted octanol–water partition coefficient (Wildman–Crippen LogP) is -3.61. The van der Waals surface area contributed by atoms with Crippen molar-refractivity contribution in [3.63, 3.8) is 0 Å². The summed E-state index contributed by atoms with van der Waals surface area (Å²) in [7, 11) is 0. The molecule has 76 heavy (non-hydrogen) atoms. The Kier molecular flexibility index (Phi) is 30.8. The molecule has 0 radical (unpaired) electrons. The largest absolute Gasteiger partial charge is 0.461 e. The first kappa shape index (κ1) is 66.2. The van der Waals surface area contributed by atoms with Gasteiger partial charge in [0.1, 0.15) is 62.3 Å². The van der Waals surface area contributed by atoms with E-state index in [1.54, 1.807) is 70.4 Å². The van der Waals surface area contributed by atoms with Gasteiger partial charge < -0.3 is 45.6 Å². The summed E-state index contributed by atoms with van der Waals surface area (Å²) < 4.78 is 15.6. The van der Waals surface area contributed by atoms with Crippen molar-refractivity contribution in [1.29, 1.82) is 5.53 Å². The molecule has 0 heterocycles. The number of rotatable bonds is 37. The van der Waals surface area contributed by atoms with E-state index in [4.69, 9.17) is 37.3 Å². The maximum atomic E-state index is 14.2. The number of nitroso groups, excluding NO2 is 2. The fourth-order valence-electron chi connectivity index (χ4n) is 6.61. The number of hydrogen-bond donors (Lipinski definition) is 10. The molecule has 1 aromatic rings. The summed E-state index contributed by atoms with van der Waals surface area (Å²) in [6, 6.07) is -3.37. The highest BCUT2D eigenvalue weighted by Gasteiger charge is 2.41. The lowest BCUT2D eigenvalue weighted by Crippen LogP contribution is -2.64. The van der Waals surface area contributed by atoms with Crippen LogP contribution in [0.2, 0.25) is 0 Å². The number of nitrogens with two attached hydrogens (primary N) is 3. The predicted molar refractivity (Wildman–Crippen MR) is 263 cm³/mol. The molecule has 0 aliphatic carbocycles. The number of ether oxygens (including phenoxy) is 3. The molecule has 1 aromatic carbocycles. The van der Waals surface area contributed by atoms with Crippen LogP contribution in [0, 0.1) is 27.2 Å². The summed E-state index contributed by atoms with van der Waals surface area (Å²) in [6.45, 7) is 6.98. The molecule has 0 saturated heterocycles. The highest BCUT2D eigenvalue weighted by atomic mass is 16.5. The smallest absolute Gasteiger partial charge is 0.330 e. The van der Waals surface area contributed by atoms with Gasteiger partial charge in [-0.05, 0) is 37.7 Å². The second kappa shape index (κ2) is 35.4. The molecule has 0 fully saturated rings. The Morgan fingerprint density at radius 3 is 1.95 bits per heavy atom. The summed E-state index contributed by atoms with van der Waals surface area (Å²) in [5, 5.41) is 20.8. The first-order chi connectivity index (χ1) is 36.0. The van der Waals surface area contributed by atoms with Crippen LogP contribution in [0.25, 0.3) is 0 Å². The maximum absolute atomic E-state index is 14.2. The SMILES string of the molecule is CCOCCOCC(=O)NCC(=O)N[C@H](C(=O)N[C@@H](CC(=O)NN=N)C(=O)N[C@@H](C)C(=O)N[C@H](C=O)COC(=O)[C@H](Cc1ccccc1)N(N)C(=O)[C@H](CC(C)C)N(N)C(=O)[C@H](CN=O)N(N)C(=O)CCN=O)C(C)C. The molecule has 0 saturated carbocycles. The van der Waals surface area contributed by atoms with E-state index in [0.29, 0.717) is 27.2 Å². The molecule has 7 atom stereocenters. The zero-order chi connectivity index (χ0) is 57.5. The topological polar surface area (TPSA) is 470 Å². The highest BCUT2D eigenvalue weighted by molar-refractivity contribution is 5.97. The number of carbonyl (C=O) groups excluding carboxylic acids is 11. The van der Waals surface area contributed by atoms with Crippen molar-refractivity contribution in [2.24, 2.45) is 44.9 Å². The minimum Gasteiger partial charge on any atom is -0.461 e. The van der Waals surface area contributed by atoms with Gasteiger partial charge in [-0.15, -0.1) is 0 Å². The van der Waals surface area contributed by atoms with Gasteiger partial charge in [-0.3, -0.25) is 58.2 Å². The van der Waals surface area contributed by atoms with Crippen LogP contribution in [0.1, 0.15) is 66.4 Å². The van der Waals surface area contributed by atoms with Gasteiger partial charge in [-0.2, -0.15) is 15.3 Å². The number of benzene rings is 1. The third-order valence-corrected chi connectivity index (χ3v) is 10.7. The minimum atomic E-state index is -1.84. The molecule has 9 amide bonds. The average Bonchev–Trinajstić information content (AvgIpc) is 3.38. The number of nitrogens with one attached hydrogen (secondary N) is 7. The van der Waals surface area contributed by atoms with Gasteiger partial charge in [0.2, 0.25) is 41.4 Å². The Morgan fingerprint density at radius 2 is 1.37 bits per heavy atom. The Balaban J connectivity index is 3.26. The van der Waals surface area contributed by atoms with Crippen LogP contribution in [-0.4, -0.2) is 175 Å². The maximum Gasteiger partial charge on any atom is 0.330 e. The third-order valence-electron chi connectivity index (χ3n) is 10.7. The van der Waals surface area contributed by atoms with E-state index < -0.39 is 146 Å². The first-order valence-electron chi connectivity index (χ1n) is 23.7. The van der Waals surface area contributed by atoms with Crippen molar-refractivity contribution in [3.8, 4) is 0 Å². The monoisotopic (exact) mass is 1080 g/mol. The molecule has 422 valence electrons. The van der Waals surface area contributed by atoms with Gasteiger partial charge in [-0.1, -0.05) is 73.6 Å². The van der Waals surface area contributed by atoms with Crippen LogP contribution in [0.15, 0.2) is 45.9 Å². The summed E-state index contributed by atoms with van der Waals surface area (Å²) in [5.74, 6) is 7.18. The Labute approximate surface area is 437 Å². The fourth-order valence-corrected chi connectivity index (χ4v) is 6.61. The van der Waals surface area contributed by atoms with E-state index in [1.165, 1.54) is 0 Å². The lowest BCUT2D eigenvalue weighted by Gasteiger charge is -2.36. The van der Waals surface area contributed by atoms with E-state index in [9.17, 15) is 62.6 Å². The third kappa shape index (κ3) is 23.6. The Bertz CT molecular complexity index is 2160. The molecular weight excluding hydrogens is 1010 g/mol. The van der Waals surface area contributed by atoms with Crippen LogP contribution >= 0.6 is 0 Å². The van der Waals surface area contributed by atoms with Crippen LogP contribution in [0.5, 0.6) is 0 Å². The fraction of sp³-hybridized carbons (Fsp3) is 0.614. The van der Waals surface area contributed by atoms with Gasteiger partial charge in [0.25, 0.3) is 11.8 Å². The normalized spacial score (nSPS) is 13.6. The van der Waals surface area contributed by atoms with Crippen molar-refractivity contribution in [1.82, 2.24) is 47.0 Å². The number of aldehydes is 1. The first-order valence-corrected chi connectivity index (χ1v) is 23.7. The Hall–Kier alpha value is -7.81. The number of carbonyl (C=O) groups is 11. The van der Waals surface area contributed by atoms with Crippen molar-refractivity contribution >= 4 is 65.4 Å². The standard InChI is InChI=1S/C44H70N16O16/c1-7-74-15-16-75-24-36(64)49-21-35(63)55-38(26(4)5)41(68)54-30(19-34(62)56-57-45)40(67)52-27(6)39(66)53-29(22-61)23-76-44(71)32(18-28-11-9-8-10-12-28)60(48)42(69)31(17-25(2)3)59(47)43(70)33(20-51-73)58(46)37(65)13-14-50-72/h8-12,22,25-27,29-33,38H,7,13-21,23-24,46-48H2,1-6H3,(H,49,64)(H,52,67)(H,53,66)(H,54,68)(H,55,63)(H2,45,56,62)/t27-,29+,30-,31-,32-,33-,38-/m0/s1. The summed E-state index contributed by atoms with van der Waals surface area (Å²) in [6.07, 6.45) is -1.69. The van der Waals surface area contributed by atoms with Crippen LogP contribution < -0.4 is 49.5 Å². The van der Waals surface area contributed by atoms with Gasteiger partial charge in [0.05, 0.1) is 39.1 Å². The molecule has 0 unspecified atom stereocenters. The molecule has 32 nitrogen and oxygen atoms in total. The number of hydrazine groups is 3. The molecule has 0 spiro atoms. The second-order valence-corrected chi connectivity index (χ2v) is 17.4. The van der Waals surface area contributed by atoms with E-state index in [1.807, 2.05) is 0 Å². The van der Waals surface area contributed by atoms with Crippen LogP contribution in [-0.2, 0) is 73.4 Å². The second-order valence-electron chi connectivity index (χ2n) is 17.4. The van der Waals surface area contributed by atoms with E-state index >= 15 is 0 Å². The lowest BCUT2D eigenvalue weighted by atomic mass is 10.00. The molecule has 0 aromatic heterocycles. The van der Waals surface area contributed by atoms with Crippen molar-refractivity contribution in [2.75, 3.05) is 52.7 Å². The van der Waals surface area contributed by atoms with Crippen molar-refractivity contribution in [2.45, 2.75) is 110 Å². The Morgan fingerprint density at radius 1 is 0.737 bits per heavy atom. The van der Waals surface area contributed by atoms with E-state index in [2.05, 4.69) is 42.2 Å². The zero-order valence-corrected chi connectivity index (χ0v) is 43.1. The summed E-state index contributed by atoms with van der Waals surface area (Å²) in [5.41, 5.74) is 9.19. The quantitative estimate of drug-likeness (QED) is 0.00450. The number of nitrogens with zero attached hydrogens (tertiary/aromatic N) is 6. The van der Waals surface area contributed by atoms with Crippen molar-refractivity contribution < 1.29 is 67.0 Å². The van der Waals surface area contributed by atoms with Gasteiger partial charge in [0.15, 0.2) is 6.04 Å². The number of amides is 9. The molecular formula is C44H70N16O16. The van der Waals surface area contributed by atoms with Gasteiger partial charge >= 0.3 is 5.97 Å². The molecule has 1 rings (SSSR count). The number of hydrogen-bond acceptors (Lipinski definition) is 23. The van der Waals surface area contributed by atoms with E-state index in [-0.39, 0.29) is 44.9 Å². The van der Waals surface area contributed by atoms with Gasteiger partial charge in [0, 0.05) is 13.0 Å². The average molecular weight is 1080 g/mol. The van der Waals surface area contributed by atoms with Crippen molar-refractivity contribution in [3.05, 3.63) is 45.7 Å².